The number of nitrogens with two attached hydrogens (primary N) is 1. The van der Waals surface area contributed by atoms with E-state index in [2.05, 4.69) is 44.8 Å². The molecule has 0 saturated heterocycles. The second-order valence-electron chi connectivity index (χ2n) is 8.97. The number of carbonyl (C=O) groups is 2. The lowest BCUT2D eigenvalue weighted by molar-refractivity contribution is 0.220. The van der Waals surface area contributed by atoms with Crippen LogP contribution in [0.5, 0.6) is 0 Å². The monoisotopic (exact) mass is 490 g/mol. The standard InChI is InChI=1S/C25H51NOS.CH3NOS/c1-3-5-7-9-11-13-15-17-19-21-23-26(25(27)28)24-22-20-18-16-14-12-10-8-6-4-2;2-1(3)4/h3-24H2,1-2H3,(H,27,28);(H3,2,3,4). The van der Waals surface area contributed by atoms with E-state index in [0.29, 0.717) is 0 Å². The van der Waals surface area contributed by atoms with Gasteiger partial charge in [0.1, 0.15) is 0 Å². The summed E-state index contributed by atoms with van der Waals surface area (Å²) in [6.07, 6.45) is 26.8. The number of nitrogens with zero attached hydrogens (tertiary/aromatic N) is 1. The smallest absolute Gasteiger partial charge is 0.278 e. The van der Waals surface area contributed by atoms with Crippen molar-refractivity contribution in [2.75, 3.05) is 13.1 Å². The Morgan fingerprint density at radius 1 is 0.531 bits per heavy atom. The topological polar surface area (TPSA) is 63.4 Å². The Balaban J connectivity index is 0. The van der Waals surface area contributed by atoms with Gasteiger partial charge in [0, 0.05) is 13.1 Å². The van der Waals surface area contributed by atoms with Gasteiger partial charge in [-0.2, -0.15) is 0 Å². The summed E-state index contributed by atoms with van der Waals surface area (Å²) >= 11 is 7.18. The highest BCUT2D eigenvalue weighted by Gasteiger charge is 2.08. The van der Waals surface area contributed by atoms with Gasteiger partial charge in [0.25, 0.3) is 10.5 Å². The molecule has 2 N–H and O–H groups in total. The molecule has 32 heavy (non-hydrogen) atoms. The summed E-state index contributed by atoms with van der Waals surface area (Å²) in [6, 6.07) is 0. The highest BCUT2D eigenvalue weighted by atomic mass is 32.1. The van der Waals surface area contributed by atoms with Gasteiger partial charge in [-0.05, 0) is 12.8 Å². The Labute approximate surface area is 211 Å². The van der Waals surface area contributed by atoms with E-state index in [9.17, 15) is 4.79 Å². The first kappa shape index (κ1) is 33.8. The van der Waals surface area contributed by atoms with Crippen LogP contribution in [0.15, 0.2) is 0 Å². The van der Waals surface area contributed by atoms with Crippen molar-refractivity contribution in [2.45, 2.75) is 142 Å². The van der Waals surface area contributed by atoms with Crippen LogP contribution in [-0.4, -0.2) is 28.5 Å². The van der Waals surface area contributed by atoms with Crippen LogP contribution in [0.3, 0.4) is 0 Å². The molecule has 0 unspecified atom stereocenters. The second kappa shape index (κ2) is 28.7. The Morgan fingerprint density at radius 3 is 0.969 bits per heavy atom. The van der Waals surface area contributed by atoms with Crippen molar-refractivity contribution >= 4 is 35.7 Å². The lowest BCUT2D eigenvalue weighted by atomic mass is 10.1. The molecule has 192 valence electrons. The van der Waals surface area contributed by atoms with E-state index in [0.717, 1.165) is 25.9 Å². The molecule has 0 fully saturated rings. The zero-order valence-corrected chi connectivity index (χ0v) is 23.1. The van der Waals surface area contributed by atoms with Crippen molar-refractivity contribution in [1.82, 2.24) is 4.90 Å². The molecule has 0 aromatic carbocycles. The SMILES string of the molecule is CCCCCCCCCCCCN(CCCCCCCCCCCC)C(=O)S.NC(=O)S. The molecule has 0 saturated carbocycles. The number of thiol groups is 2. The van der Waals surface area contributed by atoms with Gasteiger partial charge in [0.15, 0.2) is 0 Å². The van der Waals surface area contributed by atoms with Crippen molar-refractivity contribution in [2.24, 2.45) is 5.73 Å². The molecule has 0 heterocycles. The molecule has 4 nitrogen and oxygen atoms in total. The molecular formula is C26H54N2O2S2. The lowest BCUT2D eigenvalue weighted by Crippen LogP contribution is -2.28. The third-order valence-corrected chi connectivity index (χ3v) is 6.12. The summed E-state index contributed by atoms with van der Waals surface area (Å²) in [6.45, 7) is 6.34. The summed E-state index contributed by atoms with van der Waals surface area (Å²) in [5, 5.41) is -0.674. The first-order valence-electron chi connectivity index (χ1n) is 13.4. The van der Waals surface area contributed by atoms with E-state index in [-0.39, 0.29) is 5.24 Å². The molecule has 0 aliphatic heterocycles. The molecule has 0 aromatic rings. The van der Waals surface area contributed by atoms with Crippen LogP contribution in [0.4, 0.5) is 9.59 Å². The molecule has 0 aliphatic carbocycles. The van der Waals surface area contributed by atoms with Crippen molar-refractivity contribution in [1.29, 1.82) is 0 Å². The summed E-state index contributed by atoms with van der Waals surface area (Å²) < 4.78 is 0. The summed E-state index contributed by atoms with van der Waals surface area (Å²) in [5.41, 5.74) is 4.34. The van der Waals surface area contributed by atoms with Crippen LogP contribution < -0.4 is 5.73 Å². The highest BCUT2D eigenvalue weighted by Crippen LogP contribution is 2.13. The van der Waals surface area contributed by atoms with Crippen LogP contribution in [0.2, 0.25) is 0 Å². The lowest BCUT2D eigenvalue weighted by Gasteiger charge is -2.20. The molecule has 0 aromatic heterocycles. The fourth-order valence-corrected chi connectivity index (χ4v) is 4.08. The summed E-state index contributed by atoms with van der Waals surface area (Å²) in [5.74, 6) is 0. The average Bonchev–Trinajstić information content (AvgIpc) is 2.74. The number of rotatable bonds is 22. The van der Waals surface area contributed by atoms with Gasteiger partial charge in [0.05, 0.1) is 0 Å². The Kier molecular flexibility index (Phi) is 30.3. The fourth-order valence-electron chi connectivity index (χ4n) is 3.88. The van der Waals surface area contributed by atoms with E-state index in [1.807, 2.05) is 4.90 Å². The zero-order valence-electron chi connectivity index (χ0n) is 21.3. The maximum atomic E-state index is 11.7. The van der Waals surface area contributed by atoms with Gasteiger partial charge in [-0.3, -0.25) is 9.59 Å². The maximum Gasteiger partial charge on any atom is 0.278 e. The largest absolute Gasteiger partial charge is 0.361 e. The molecule has 6 heteroatoms. The predicted octanol–water partition coefficient (Wildman–Crippen LogP) is 9.17. The third-order valence-electron chi connectivity index (χ3n) is 5.83. The van der Waals surface area contributed by atoms with Crippen LogP contribution in [0.25, 0.3) is 0 Å². The number of carbonyl (C=O) groups excluding carboxylic acids is 2. The first-order chi connectivity index (χ1) is 15.5. The average molecular weight is 491 g/mol. The zero-order chi connectivity index (χ0) is 24.3. The van der Waals surface area contributed by atoms with Crippen molar-refractivity contribution in [3.63, 3.8) is 0 Å². The van der Waals surface area contributed by atoms with E-state index >= 15 is 0 Å². The Bertz CT molecular complexity index is 381. The van der Waals surface area contributed by atoms with Crippen molar-refractivity contribution < 1.29 is 9.59 Å². The normalized spacial score (nSPS) is 10.5. The molecule has 0 radical (unpaired) electrons. The Hall–Kier alpha value is -0.360. The number of hydrogen-bond donors (Lipinski definition) is 3. The summed E-state index contributed by atoms with van der Waals surface area (Å²) in [7, 11) is 0. The van der Waals surface area contributed by atoms with Crippen LogP contribution >= 0.6 is 25.3 Å². The van der Waals surface area contributed by atoms with E-state index in [1.165, 1.54) is 116 Å². The van der Waals surface area contributed by atoms with Crippen LogP contribution in [0.1, 0.15) is 142 Å². The molecule has 0 atom stereocenters. The van der Waals surface area contributed by atoms with Gasteiger partial charge < -0.3 is 10.6 Å². The van der Waals surface area contributed by atoms with Gasteiger partial charge >= 0.3 is 0 Å². The van der Waals surface area contributed by atoms with Crippen molar-refractivity contribution in [3.05, 3.63) is 0 Å². The van der Waals surface area contributed by atoms with Crippen LogP contribution in [0, 0.1) is 0 Å². The molecule has 0 bridgehead atoms. The van der Waals surface area contributed by atoms with Gasteiger partial charge in [-0.25, -0.2) is 0 Å². The van der Waals surface area contributed by atoms with Crippen LogP contribution in [-0.2, 0) is 0 Å². The first-order valence-corrected chi connectivity index (χ1v) is 14.3. The molecule has 2 amide bonds. The Morgan fingerprint density at radius 2 is 0.750 bits per heavy atom. The molecule has 0 rings (SSSR count). The molecule has 0 spiro atoms. The maximum absolute atomic E-state index is 11.7. The minimum absolute atomic E-state index is 0.0353. The second-order valence-corrected chi connectivity index (χ2v) is 9.80. The van der Waals surface area contributed by atoms with E-state index < -0.39 is 5.24 Å². The number of primary amides is 1. The fraction of sp³-hybridized carbons (Fsp3) is 0.923. The van der Waals surface area contributed by atoms with Gasteiger partial charge in [-0.15, -0.1) is 0 Å². The molecule has 0 aliphatic rings. The van der Waals surface area contributed by atoms with Gasteiger partial charge in [0.2, 0.25) is 0 Å². The minimum atomic E-state index is -0.639. The predicted molar refractivity (Wildman–Crippen MR) is 148 cm³/mol. The number of unbranched alkanes of at least 4 members (excludes halogenated alkanes) is 18. The third kappa shape index (κ3) is 31.8. The highest BCUT2D eigenvalue weighted by molar-refractivity contribution is 7.96. The molecular weight excluding hydrogens is 436 g/mol. The van der Waals surface area contributed by atoms with Crippen molar-refractivity contribution in [3.8, 4) is 0 Å². The van der Waals surface area contributed by atoms with Gasteiger partial charge in [-0.1, -0.05) is 155 Å². The van der Waals surface area contributed by atoms with E-state index in [4.69, 9.17) is 4.79 Å². The number of amides is 2. The van der Waals surface area contributed by atoms with E-state index in [1.54, 1.807) is 0 Å². The number of hydrogen-bond acceptors (Lipinski definition) is 2. The minimum Gasteiger partial charge on any atom is -0.361 e. The quantitative estimate of drug-likeness (QED) is 0.105. The summed E-state index contributed by atoms with van der Waals surface area (Å²) in [4.78, 5) is 22.8.